The molecule has 0 heterocycles. The molecule has 0 fully saturated rings. The zero-order valence-corrected chi connectivity index (χ0v) is 9.02. The molecule has 0 atom stereocenters. The van der Waals surface area contributed by atoms with Gasteiger partial charge < -0.3 is 9.84 Å². The van der Waals surface area contributed by atoms with Crippen LogP contribution in [0.4, 0.5) is 4.39 Å². The molecule has 0 amide bonds. The predicted molar refractivity (Wildman–Crippen MR) is 53.2 cm³/mol. The van der Waals surface area contributed by atoms with Crippen LogP contribution in [0.1, 0.15) is 19.4 Å². The van der Waals surface area contributed by atoms with E-state index in [9.17, 15) is 9.50 Å². The highest BCUT2D eigenvalue weighted by molar-refractivity contribution is 6.30. The number of halogens is 2. The van der Waals surface area contributed by atoms with Gasteiger partial charge in [0.25, 0.3) is 0 Å². The lowest BCUT2D eigenvalue weighted by atomic mass is 9.97. The van der Waals surface area contributed by atoms with Crippen molar-refractivity contribution in [3.63, 3.8) is 0 Å². The van der Waals surface area contributed by atoms with Crippen LogP contribution in [0.3, 0.4) is 0 Å². The number of hydrogen-bond donors (Lipinski definition) is 1. The van der Waals surface area contributed by atoms with Crippen LogP contribution in [0.25, 0.3) is 0 Å². The average Bonchev–Trinajstić information content (AvgIpc) is 2.07. The third-order valence-electron chi connectivity index (χ3n) is 1.91. The molecule has 14 heavy (non-hydrogen) atoms. The minimum Gasteiger partial charge on any atom is -0.493 e. The topological polar surface area (TPSA) is 29.5 Å². The van der Waals surface area contributed by atoms with Gasteiger partial charge in [0.2, 0.25) is 0 Å². The molecule has 1 rings (SSSR count). The third kappa shape index (κ3) is 1.99. The normalized spacial score (nSPS) is 11.6. The van der Waals surface area contributed by atoms with E-state index in [1.807, 2.05) is 0 Å². The van der Waals surface area contributed by atoms with Crippen molar-refractivity contribution in [3.05, 3.63) is 28.5 Å². The van der Waals surface area contributed by atoms with Gasteiger partial charge in [0.05, 0.1) is 17.7 Å². The van der Waals surface area contributed by atoms with Crippen LogP contribution in [-0.2, 0) is 5.60 Å². The molecule has 0 aliphatic carbocycles. The lowest BCUT2D eigenvalue weighted by molar-refractivity contribution is 0.0749. The first-order valence-electron chi connectivity index (χ1n) is 4.12. The van der Waals surface area contributed by atoms with Gasteiger partial charge >= 0.3 is 0 Å². The first-order chi connectivity index (χ1) is 6.38. The summed E-state index contributed by atoms with van der Waals surface area (Å²) in [5.74, 6) is -0.654. The van der Waals surface area contributed by atoms with Crippen LogP contribution in [0, 0.1) is 5.82 Å². The highest BCUT2D eigenvalue weighted by atomic mass is 35.5. The van der Waals surface area contributed by atoms with Crippen molar-refractivity contribution >= 4 is 11.6 Å². The van der Waals surface area contributed by atoms with Crippen LogP contribution < -0.4 is 4.74 Å². The van der Waals surface area contributed by atoms with E-state index < -0.39 is 11.4 Å². The van der Waals surface area contributed by atoms with E-state index in [1.165, 1.54) is 13.2 Å². The Hall–Kier alpha value is -0.800. The van der Waals surface area contributed by atoms with Crippen LogP contribution in [-0.4, -0.2) is 12.2 Å². The Labute approximate surface area is 87.3 Å². The molecule has 0 saturated heterocycles. The van der Waals surface area contributed by atoms with Gasteiger partial charge in [0.1, 0.15) is 0 Å². The second kappa shape index (κ2) is 3.75. The summed E-state index contributed by atoms with van der Waals surface area (Å²) in [6, 6.07) is 2.94. The Morgan fingerprint density at radius 1 is 1.43 bits per heavy atom. The molecule has 4 heteroatoms. The fourth-order valence-electron chi connectivity index (χ4n) is 1.21. The lowest BCUT2D eigenvalue weighted by Gasteiger charge is -2.21. The first kappa shape index (κ1) is 11.3. The summed E-state index contributed by atoms with van der Waals surface area (Å²) in [4.78, 5) is 0. The standard InChI is InChI=1S/C10H12ClFO2/c1-10(2,13)6-4-5-7(11)8(12)9(6)14-3/h4-5,13H,1-3H3. The van der Waals surface area contributed by atoms with E-state index >= 15 is 0 Å². The molecular weight excluding hydrogens is 207 g/mol. The summed E-state index contributed by atoms with van der Waals surface area (Å²) in [5, 5.41) is 9.71. The van der Waals surface area contributed by atoms with Crippen molar-refractivity contribution in [1.82, 2.24) is 0 Å². The number of benzene rings is 1. The fraction of sp³-hybridized carbons (Fsp3) is 0.400. The Kier molecular flexibility index (Phi) is 3.02. The Morgan fingerprint density at radius 3 is 2.43 bits per heavy atom. The zero-order chi connectivity index (χ0) is 10.9. The van der Waals surface area contributed by atoms with Gasteiger partial charge in [0, 0.05) is 5.56 Å². The van der Waals surface area contributed by atoms with Gasteiger partial charge in [-0.15, -0.1) is 0 Å². The van der Waals surface area contributed by atoms with Gasteiger partial charge in [0.15, 0.2) is 11.6 Å². The van der Waals surface area contributed by atoms with Crippen LogP contribution in [0.5, 0.6) is 5.75 Å². The third-order valence-corrected chi connectivity index (χ3v) is 2.21. The summed E-state index contributed by atoms with van der Waals surface area (Å²) < 4.78 is 18.3. The van der Waals surface area contributed by atoms with Gasteiger partial charge in [-0.05, 0) is 19.9 Å². The van der Waals surface area contributed by atoms with Gasteiger partial charge in [-0.2, -0.15) is 0 Å². The minimum atomic E-state index is -1.16. The van der Waals surface area contributed by atoms with Crippen molar-refractivity contribution < 1.29 is 14.2 Å². The lowest BCUT2D eigenvalue weighted by Crippen LogP contribution is -2.17. The number of ether oxygens (including phenoxy) is 1. The maximum absolute atomic E-state index is 13.4. The van der Waals surface area contributed by atoms with Crippen molar-refractivity contribution in [1.29, 1.82) is 0 Å². The molecule has 0 aromatic heterocycles. The molecule has 0 aliphatic rings. The van der Waals surface area contributed by atoms with Crippen LogP contribution >= 0.6 is 11.6 Å². The second-order valence-corrected chi connectivity index (χ2v) is 3.91. The van der Waals surface area contributed by atoms with Crippen LogP contribution in [0.2, 0.25) is 5.02 Å². The summed E-state index contributed by atoms with van der Waals surface area (Å²) in [5.41, 5.74) is -0.779. The molecule has 1 aromatic rings. The van der Waals surface area contributed by atoms with Crippen molar-refractivity contribution in [2.45, 2.75) is 19.4 Å². The molecule has 0 unspecified atom stereocenters. The smallest absolute Gasteiger partial charge is 0.183 e. The van der Waals surface area contributed by atoms with E-state index in [4.69, 9.17) is 16.3 Å². The van der Waals surface area contributed by atoms with E-state index in [2.05, 4.69) is 0 Å². The monoisotopic (exact) mass is 218 g/mol. The number of aliphatic hydroxyl groups is 1. The molecule has 78 valence electrons. The summed E-state index contributed by atoms with van der Waals surface area (Å²) in [6.07, 6.45) is 0. The molecule has 0 radical (unpaired) electrons. The molecule has 0 bridgehead atoms. The molecule has 2 nitrogen and oxygen atoms in total. The van der Waals surface area contributed by atoms with Gasteiger partial charge in [-0.3, -0.25) is 0 Å². The summed E-state index contributed by atoms with van der Waals surface area (Å²) in [7, 11) is 1.34. The molecule has 0 aliphatic heterocycles. The van der Waals surface area contributed by atoms with Gasteiger partial charge in [-0.25, -0.2) is 4.39 Å². The summed E-state index contributed by atoms with van der Waals surface area (Å²) in [6.45, 7) is 3.11. The van der Waals surface area contributed by atoms with Crippen molar-refractivity contribution in [2.75, 3.05) is 7.11 Å². The summed E-state index contributed by atoms with van der Waals surface area (Å²) >= 11 is 5.58. The highest BCUT2D eigenvalue weighted by Gasteiger charge is 2.24. The Bertz CT molecular complexity index is 345. The quantitative estimate of drug-likeness (QED) is 0.827. The fourth-order valence-corrected chi connectivity index (χ4v) is 1.36. The van der Waals surface area contributed by atoms with Crippen molar-refractivity contribution in [3.8, 4) is 5.75 Å². The van der Waals surface area contributed by atoms with E-state index in [0.29, 0.717) is 5.56 Å². The molecule has 0 saturated carbocycles. The zero-order valence-electron chi connectivity index (χ0n) is 8.27. The average molecular weight is 219 g/mol. The number of rotatable bonds is 2. The number of hydrogen-bond acceptors (Lipinski definition) is 2. The maximum Gasteiger partial charge on any atom is 0.183 e. The maximum atomic E-state index is 13.4. The molecule has 1 aromatic carbocycles. The minimum absolute atomic E-state index is 0.00926. The van der Waals surface area contributed by atoms with Crippen LogP contribution in [0.15, 0.2) is 12.1 Å². The Balaban J connectivity index is 3.39. The Morgan fingerprint density at radius 2 is 2.00 bits per heavy atom. The van der Waals surface area contributed by atoms with Gasteiger partial charge in [-0.1, -0.05) is 17.7 Å². The molecule has 0 spiro atoms. The number of methoxy groups -OCH3 is 1. The SMILES string of the molecule is COc1c(C(C)(C)O)ccc(Cl)c1F. The van der Waals surface area contributed by atoms with Crippen molar-refractivity contribution in [2.24, 2.45) is 0 Å². The molecular formula is C10H12ClFO2. The first-order valence-corrected chi connectivity index (χ1v) is 4.50. The van der Waals surface area contributed by atoms with E-state index in [1.54, 1.807) is 19.9 Å². The highest BCUT2D eigenvalue weighted by Crippen LogP contribution is 2.34. The molecule has 1 N–H and O–H groups in total. The van der Waals surface area contributed by atoms with E-state index in [-0.39, 0.29) is 10.8 Å². The largest absolute Gasteiger partial charge is 0.493 e. The predicted octanol–water partition coefficient (Wildman–Crippen LogP) is 2.72. The second-order valence-electron chi connectivity index (χ2n) is 3.50. The van der Waals surface area contributed by atoms with E-state index in [0.717, 1.165) is 0 Å².